The summed E-state index contributed by atoms with van der Waals surface area (Å²) in [5, 5.41) is 12.3. The Morgan fingerprint density at radius 2 is 1.70 bits per heavy atom. The molecule has 0 aliphatic carbocycles. The van der Waals surface area contributed by atoms with E-state index in [-0.39, 0.29) is 18.1 Å². The molecular formula is C14H31NO4Si. The van der Waals surface area contributed by atoms with Crippen molar-refractivity contribution >= 4 is 15.1 Å². The number of aliphatic hydroxyl groups excluding tert-OH is 1. The lowest BCUT2D eigenvalue weighted by Gasteiger charge is -2.38. The summed E-state index contributed by atoms with van der Waals surface area (Å²) in [7, 11) is -1.29. The van der Waals surface area contributed by atoms with E-state index in [1.807, 2.05) is 20.8 Å². The molecule has 2 N–H and O–H groups in total. The molecule has 20 heavy (non-hydrogen) atoms. The number of hydrogen-bond acceptors (Lipinski definition) is 4. The van der Waals surface area contributed by atoms with Crippen LogP contribution in [-0.2, 0) is 9.16 Å². The largest absolute Gasteiger partial charge is 0.444 e. The van der Waals surface area contributed by atoms with Gasteiger partial charge in [0.05, 0.1) is 18.8 Å². The lowest BCUT2D eigenvalue weighted by atomic mass is 9.85. The minimum absolute atomic E-state index is 0.178. The second kappa shape index (κ2) is 7.43. The highest BCUT2D eigenvalue weighted by Crippen LogP contribution is 2.26. The van der Waals surface area contributed by atoms with Gasteiger partial charge in [-0.25, -0.2) is 4.79 Å². The Kier molecular flexibility index (Phi) is 7.20. The first-order valence-electron chi connectivity index (χ1n) is 7.12. The van der Waals surface area contributed by atoms with Crippen LogP contribution in [0.4, 0.5) is 4.79 Å². The first-order valence-corrected chi connectivity index (χ1v) is 9.90. The molecule has 0 radical (unpaired) electrons. The van der Waals surface area contributed by atoms with Gasteiger partial charge in [-0.3, -0.25) is 0 Å². The minimum Gasteiger partial charge on any atom is -0.444 e. The molecule has 0 aliphatic heterocycles. The fourth-order valence-corrected chi connectivity index (χ4v) is 3.06. The van der Waals surface area contributed by atoms with Gasteiger partial charge in [0.25, 0.3) is 0 Å². The molecule has 0 spiro atoms. The molecular weight excluding hydrogens is 274 g/mol. The van der Waals surface area contributed by atoms with E-state index in [0.717, 1.165) is 0 Å². The van der Waals surface area contributed by atoms with Crippen LogP contribution in [0, 0.1) is 5.41 Å². The molecule has 0 fully saturated rings. The third-order valence-corrected chi connectivity index (χ3v) is 3.37. The normalized spacial score (nSPS) is 15.9. The zero-order valence-corrected chi connectivity index (χ0v) is 15.3. The van der Waals surface area contributed by atoms with Gasteiger partial charge >= 0.3 is 6.09 Å². The van der Waals surface area contributed by atoms with Crippen molar-refractivity contribution < 1.29 is 19.1 Å². The van der Waals surface area contributed by atoms with Crippen LogP contribution >= 0.6 is 0 Å². The maximum Gasteiger partial charge on any atom is 0.408 e. The van der Waals surface area contributed by atoms with Crippen LogP contribution in [-0.4, -0.2) is 44.6 Å². The van der Waals surface area contributed by atoms with Crippen molar-refractivity contribution in [1.82, 2.24) is 5.32 Å². The summed E-state index contributed by atoms with van der Waals surface area (Å²) in [6.07, 6.45) is -0.772. The van der Waals surface area contributed by atoms with E-state index in [2.05, 4.69) is 18.4 Å². The van der Waals surface area contributed by atoms with E-state index < -0.39 is 26.8 Å². The van der Waals surface area contributed by atoms with Crippen molar-refractivity contribution in [3.8, 4) is 0 Å². The number of hydrogen-bond donors (Lipinski definition) is 2. The summed E-state index contributed by atoms with van der Waals surface area (Å²) in [5.74, 6) is 0. The van der Waals surface area contributed by atoms with Gasteiger partial charge in [0, 0.05) is 0 Å². The number of amides is 1. The Labute approximate surface area is 124 Å². The molecule has 0 aliphatic rings. The standard InChI is InChI=1S/C14H31NO4Si/c1-13(2,3)11(19-20(7)8)10(9-16)15-12(17)18-14(4,5)6/h10-11,16,20H,9H2,1-8H3,(H,15,17)/t10-,11?/m1/s1. The van der Waals surface area contributed by atoms with Crippen molar-refractivity contribution in [3.05, 3.63) is 0 Å². The summed E-state index contributed by atoms with van der Waals surface area (Å²) < 4.78 is 11.2. The highest BCUT2D eigenvalue weighted by atomic mass is 28.3. The SMILES string of the molecule is C[SiH](C)OC([C@@H](CO)NC(=O)OC(C)(C)C)C(C)(C)C. The zero-order chi connectivity index (χ0) is 16.1. The number of carbonyl (C=O) groups excluding carboxylic acids is 1. The van der Waals surface area contributed by atoms with E-state index >= 15 is 0 Å². The van der Waals surface area contributed by atoms with Crippen LogP contribution < -0.4 is 5.32 Å². The van der Waals surface area contributed by atoms with Crippen LogP contribution in [0.2, 0.25) is 13.1 Å². The second-order valence-corrected chi connectivity index (χ2v) is 9.78. The molecule has 0 saturated heterocycles. The van der Waals surface area contributed by atoms with Gasteiger partial charge in [-0.1, -0.05) is 20.8 Å². The molecule has 0 aromatic rings. The zero-order valence-electron chi connectivity index (χ0n) is 14.1. The molecule has 1 unspecified atom stereocenters. The average molecular weight is 305 g/mol. The summed E-state index contributed by atoms with van der Waals surface area (Å²) in [4.78, 5) is 11.9. The highest BCUT2D eigenvalue weighted by molar-refractivity contribution is 6.48. The van der Waals surface area contributed by atoms with Crippen LogP contribution in [0.25, 0.3) is 0 Å². The van der Waals surface area contributed by atoms with Gasteiger partial charge in [-0.05, 0) is 39.3 Å². The highest BCUT2D eigenvalue weighted by Gasteiger charge is 2.35. The molecule has 0 saturated carbocycles. The summed E-state index contributed by atoms with van der Waals surface area (Å²) in [6, 6.07) is -0.472. The van der Waals surface area contributed by atoms with Gasteiger partial charge in [0.15, 0.2) is 9.04 Å². The van der Waals surface area contributed by atoms with Crippen molar-refractivity contribution in [2.24, 2.45) is 5.41 Å². The topological polar surface area (TPSA) is 67.8 Å². The number of rotatable bonds is 5. The van der Waals surface area contributed by atoms with Crippen LogP contribution in [0.5, 0.6) is 0 Å². The predicted octanol–water partition coefficient (Wildman–Crippen LogP) is 2.29. The summed E-state index contributed by atoms with van der Waals surface area (Å²) in [6.45, 7) is 15.5. The molecule has 1 amide bonds. The molecule has 120 valence electrons. The lowest BCUT2D eigenvalue weighted by Crippen LogP contribution is -2.54. The van der Waals surface area contributed by atoms with Gasteiger partial charge in [0.1, 0.15) is 5.60 Å². The Balaban J connectivity index is 4.87. The predicted molar refractivity (Wildman–Crippen MR) is 83.4 cm³/mol. The van der Waals surface area contributed by atoms with Gasteiger partial charge in [0.2, 0.25) is 0 Å². The quantitative estimate of drug-likeness (QED) is 0.765. The van der Waals surface area contributed by atoms with Crippen molar-refractivity contribution in [3.63, 3.8) is 0 Å². The van der Waals surface area contributed by atoms with Crippen LogP contribution in [0.1, 0.15) is 41.5 Å². The lowest BCUT2D eigenvalue weighted by molar-refractivity contribution is 0.0124. The third kappa shape index (κ3) is 7.87. The van der Waals surface area contributed by atoms with Gasteiger partial charge in [-0.15, -0.1) is 0 Å². The molecule has 2 atom stereocenters. The van der Waals surface area contributed by atoms with E-state index in [9.17, 15) is 9.90 Å². The number of carbonyl (C=O) groups is 1. The Morgan fingerprint density at radius 1 is 1.20 bits per heavy atom. The van der Waals surface area contributed by atoms with Crippen molar-refractivity contribution in [2.75, 3.05) is 6.61 Å². The van der Waals surface area contributed by atoms with E-state index in [4.69, 9.17) is 9.16 Å². The van der Waals surface area contributed by atoms with Gasteiger partial charge in [-0.2, -0.15) is 0 Å². The summed E-state index contributed by atoms with van der Waals surface area (Å²) in [5.41, 5.74) is -0.741. The number of ether oxygens (including phenoxy) is 1. The third-order valence-electron chi connectivity index (χ3n) is 2.54. The van der Waals surface area contributed by atoms with Crippen LogP contribution in [0.3, 0.4) is 0 Å². The molecule has 6 heteroatoms. The molecule has 0 rings (SSSR count). The van der Waals surface area contributed by atoms with Crippen molar-refractivity contribution in [1.29, 1.82) is 0 Å². The fourth-order valence-electron chi connectivity index (χ4n) is 1.87. The number of alkyl carbamates (subject to hydrolysis) is 1. The molecule has 5 nitrogen and oxygen atoms in total. The Hall–Kier alpha value is -0.593. The second-order valence-electron chi connectivity index (χ2n) is 7.41. The Bertz CT molecular complexity index is 307. The maximum absolute atomic E-state index is 11.9. The maximum atomic E-state index is 11.9. The smallest absolute Gasteiger partial charge is 0.408 e. The summed E-state index contributed by atoms with van der Waals surface area (Å²) >= 11 is 0. The fraction of sp³-hybridized carbons (Fsp3) is 0.929. The van der Waals surface area contributed by atoms with Crippen LogP contribution in [0.15, 0.2) is 0 Å². The molecule has 0 aromatic carbocycles. The number of aliphatic hydroxyl groups is 1. The molecule has 0 bridgehead atoms. The Morgan fingerprint density at radius 3 is 2.00 bits per heavy atom. The van der Waals surface area contributed by atoms with Gasteiger partial charge < -0.3 is 19.6 Å². The van der Waals surface area contributed by atoms with E-state index in [0.29, 0.717) is 0 Å². The average Bonchev–Trinajstić information content (AvgIpc) is 2.18. The molecule has 0 heterocycles. The van der Waals surface area contributed by atoms with E-state index in [1.54, 1.807) is 20.8 Å². The monoisotopic (exact) mass is 305 g/mol. The van der Waals surface area contributed by atoms with Crippen molar-refractivity contribution in [2.45, 2.75) is 72.4 Å². The first-order chi connectivity index (χ1) is 8.86. The first kappa shape index (κ1) is 19.4. The number of nitrogens with one attached hydrogen (secondary N) is 1. The minimum atomic E-state index is -1.29. The van der Waals surface area contributed by atoms with E-state index in [1.165, 1.54) is 0 Å². The molecule has 0 aromatic heterocycles.